The Hall–Kier alpha value is -2.93. The number of ether oxygens (including phenoxy) is 1. The van der Waals surface area contributed by atoms with Gasteiger partial charge in [-0.2, -0.15) is 0 Å². The number of anilines is 3. The number of nitrogens with zero attached hydrogens (tertiary/aromatic N) is 2. The second-order valence-corrected chi connectivity index (χ2v) is 6.39. The summed E-state index contributed by atoms with van der Waals surface area (Å²) < 4.78 is 5.38. The molecule has 1 aliphatic heterocycles. The Morgan fingerprint density at radius 1 is 1.04 bits per heavy atom. The molecule has 2 amide bonds. The molecule has 2 N–H and O–H groups in total. The number of hydrogen-bond acceptors (Lipinski definition) is 5. The smallest absolute Gasteiger partial charge is 0.314 e. The predicted molar refractivity (Wildman–Crippen MR) is 100 cm³/mol. The van der Waals surface area contributed by atoms with E-state index < -0.39 is 11.8 Å². The van der Waals surface area contributed by atoms with E-state index in [0.29, 0.717) is 17.3 Å². The van der Waals surface area contributed by atoms with Crippen LogP contribution in [0.15, 0.2) is 42.6 Å². The first-order valence-corrected chi connectivity index (χ1v) is 8.46. The van der Waals surface area contributed by atoms with Gasteiger partial charge in [-0.05, 0) is 36.2 Å². The number of rotatable bonds is 4. The summed E-state index contributed by atoms with van der Waals surface area (Å²) in [5, 5.41) is 5.13. The van der Waals surface area contributed by atoms with Crippen LogP contribution in [-0.4, -0.2) is 44.1 Å². The normalized spacial score (nSPS) is 16.2. The fraction of sp³-hybridized carbons (Fsp3) is 0.316. The summed E-state index contributed by atoms with van der Waals surface area (Å²) in [5.41, 5.74) is 2.22. The van der Waals surface area contributed by atoms with E-state index in [1.54, 1.807) is 24.3 Å². The average Bonchev–Trinajstić information content (AvgIpc) is 3.17. The largest absolute Gasteiger partial charge is 0.381 e. The van der Waals surface area contributed by atoms with Gasteiger partial charge >= 0.3 is 11.8 Å². The van der Waals surface area contributed by atoms with Crippen LogP contribution in [0.5, 0.6) is 0 Å². The van der Waals surface area contributed by atoms with Crippen LogP contribution < -0.4 is 15.5 Å². The standard InChI is InChI=1S/C19H22N4O3/c1-23(2)17-8-7-16(11-20-17)22-19(25)18(24)21-15-5-3-13(4-6-15)14-9-10-26-12-14/h3-8,11,14H,9-10,12H2,1-2H3,(H,21,24)(H,22,25). The number of hydrogen-bond donors (Lipinski definition) is 2. The van der Waals surface area contributed by atoms with E-state index in [-0.39, 0.29) is 0 Å². The third kappa shape index (κ3) is 4.37. The first-order valence-electron chi connectivity index (χ1n) is 8.46. The quantitative estimate of drug-likeness (QED) is 0.823. The van der Waals surface area contributed by atoms with Crippen molar-refractivity contribution in [1.82, 2.24) is 4.98 Å². The Kier molecular flexibility index (Phi) is 5.48. The summed E-state index contributed by atoms with van der Waals surface area (Å²) in [4.78, 5) is 30.1. The molecule has 0 radical (unpaired) electrons. The summed E-state index contributed by atoms with van der Waals surface area (Å²) in [5.74, 6) is -0.294. The van der Waals surface area contributed by atoms with Crippen molar-refractivity contribution in [2.24, 2.45) is 0 Å². The van der Waals surface area contributed by atoms with Gasteiger partial charge in [0.05, 0.1) is 18.5 Å². The van der Waals surface area contributed by atoms with Crippen molar-refractivity contribution in [2.45, 2.75) is 12.3 Å². The molecule has 1 aromatic carbocycles. The van der Waals surface area contributed by atoms with E-state index in [9.17, 15) is 9.59 Å². The van der Waals surface area contributed by atoms with Crippen molar-refractivity contribution in [3.05, 3.63) is 48.2 Å². The summed E-state index contributed by atoms with van der Waals surface area (Å²) >= 11 is 0. The zero-order chi connectivity index (χ0) is 18.5. The molecule has 1 atom stereocenters. The van der Waals surface area contributed by atoms with E-state index in [4.69, 9.17) is 4.74 Å². The Morgan fingerprint density at radius 3 is 2.23 bits per heavy atom. The van der Waals surface area contributed by atoms with Crippen LogP contribution in [0, 0.1) is 0 Å². The van der Waals surface area contributed by atoms with Crippen molar-refractivity contribution >= 4 is 29.0 Å². The third-order valence-electron chi connectivity index (χ3n) is 4.24. The van der Waals surface area contributed by atoms with Crippen molar-refractivity contribution in [3.8, 4) is 0 Å². The van der Waals surface area contributed by atoms with Crippen LogP contribution in [0.25, 0.3) is 0 Å². The molecule has 7 nitrogen and oxygen atoms in total. The molecular formula is C19H22N4O3. The average molecular weight is 354 g/mol. The lowest BCUT2D eigenvalue weighted by molar-refractivity contribution is -0.133. The van der Waals surface area contributed by atoms with E-state index >= 15 is 0 Å². The molecule has 1 saturated heterocycles. The van der Waals surface area contributed by atoms with E-state index in [1.807, 2.05) is 31.1 Å². The highest BCUT2D eigenvalue weighted by Gasteiger charge is 2.18. The lowest BCUT2D eigenvalue weighted by Crippen LogP contribution is -2.29. The first-order chi connectivity index (χ1) is 12.5. The highest BCUT2D eigenvalue weighted by Crippen LogP contribution is 2.26. The van der Waals surface area contributed by atoms with Crippen LogP contribution in [0.1, 0.15) is 17.9 Å². The van der Waals surface area contributed by atoms with Crippen LogP contribution in [-0.2, 0) is 14.3 Å². The van der Waals surface area contributed by atoms with E-state index in [0.717, 1.165) is 25.5 Å². The lowest BCUT2D eigenvalue weighted by Gasteiger charge is -2.12. The van der Waals surface area contributed by atoms with Gasteiger partial charge in [0, 0.05) is 32.3 Å². The van der Waals surface area contributed by atoms with Crippen molar-refractivity contribution in [1.29, 1.82) is 0 Å². The van der Waals surface area contributed by atoms with E-state index in [2.05, 4.69) is 15.6 Å². The number of benzene rings is 1. The van der Waals surface area contributed by atoms with Crippen LogP contribution in [0.2, 0.25) is 0 Å². The zero-order valence-corrected chi connectivity index (χ0v) is 14.9. The molecule has 0 aliphatic carbocycles. The van der Waals surface area contributed by atoms with Gasteiger partial charge in [-0.1, -0.05) is 12.1 Å². The molecule has 0 bridgehead atoms. The minimum atomic E-state index is -0.738. The highest BCUT2D eigenvalue weighted by atomic mass is 16.5. The summed E-state index contributed by atoms with van der Waals surface area (Å²) in [7, 11) is 3.75. The van der Waals surface area contributed by atoms with E-state index in [1.165, 1.54) is 11.8 Å². The molecule has 2 heterocycles. The fourth-order valence-electron chi connectivity index (χ4n) is 2.74. The number of nitrogens with one attached hydrogen (secondary N) is 2. The fourth-order valence-corrected chi connectivity index (χ4v) is 2.74. The minimum Gasteiger partial charge on any atom is -0.381 e. The minimum absolute atomic E-state index is 0.403. The lowest BCUT2D eigenvalue weighted by atomic mass is 9.98. The molecule has 1 fully saturated rings. The second-order valence-electron chi connectivity index (χ2n) is 6.39. The van der Waals surface area contributed by atoms with Gasteiger partial charge in [0.2, 0.25) is 0 Å². The van der Waals surface area contributed by atoms with Crippen LogP contribution >= 0.6 is 0 Å². The Labute approximate surface area is 152 Å². The topological polar surface area (TPSA) is 83.6 Å². The molecule has 1 aromatic heterocycles. The van der Waals surface area contributed by atoms with Gasteiger partial charge < -0.3 is 20.3 Å². The summed E-state index contributed by atoms with van der Waals surface area (Å²) in [6.45, 7) is 1.52. The van der Waals surface area contributed by atoms with Gasteiger partial charge in [0.1, 0.15) is 5.82 Å². The van der Waals surface area contributed by atoms with Crippen molar-refractivity contribution in [2.75, 3.05) is 42.8 Å². The molecule has 1 aliphatic rings. The highest BCUT2D eigenvalue weighted by molar-refractivity contribution is 6.43. The molecule has 3 rings (SSSR count). The Balaban J connectivity index is 1.55. The SMILES string of the molecule is CN(C)c1ccc(NC(=O)C(=O)Nc2ccc(C3CCOC3)cc2)cn1. The third-order valence-corrected chi connectivity index (χ3v) is 4.24. The summed E-state index contributed by atoms with van der Waals surface area (Å²) in [6.07, 6.45) is 2.52. The summed E-state index contributed by atoms with van der Waals surface area (Å²) in [6, 6.07) is 11.0. The maximum absolute atomic E-state index is 12.1. The van der Waals surface area contributed by atoms with Crippen molar-refractivity contribution < 1.29 is 14.3 Å². The van der Waals surface area contributed by atoms with Gasteiger partial charge in [0.15, 0.2) is 0 Å². The van der Waals surface area contributed by atoms with Crippen LogP contribution in [0.3, 0.4) is 0 Å². The monoisotopic (exact) mass is 354 g/mol. The van der Waals surface area contributed by atoms with Gasteiger partial charge in [0.25, 0.3) is 0 Å². The first kappa shape index (κ1) is 17.9. The molecule has 0 saturated carbocycles. The van der Waals surface area contributed by atoms with Gasteiger partial charge in [-0.15, -0.1) is 0 Å². The Bertz CT molecular complexity index is 766. The zero-order valence-electron chi connectivity index (χ0n) is 14.9. The number of amides is 2. The molecule has 0 spiro atoms. The van der Waals surface area contributed by atoms with Gasteiger partial charge in [-0.3, -0.25) is 9.59 Å². The molecule has 26 heavy (non-hydrogen) atoms. The number of pyridine rings is 1. The second kappa shape index (κ2) is 7.97. The number of carbonyl (C=O) groups excluding carboxylic acids is 2. The number of carbonyl (C=O) groups is 2. The van der Waals surface area contributed by atoms with Crippen LogP contribution in [0.4, 0.5) is 17.2 Å². The molecule has 1 unspecified atom stereocenters. The number of aromatic nitrogens is 1. The molecular weight excluding hydrogens is 332 g/mol. The van der Waals surface area contributed by atoms with Gasteiger partial charge in [-0.25, -0.2) is 4.98 Å². The molecule has 7 heteroatoms. The Morgan fingerprint density at radius 2 is 1.69 bits per heavy atom. The predicted octanol–water partition coefficient (Wildman–Crippen LogP) is 2.23. The maximum atomic E-state index is 12.1. The van der Waals surface area contributed by atoms with Crippen molar-refractivity contribution in [3.63, 3.8) is 0 Å². The maximum Gasteiger partial charge on any atom is 0.314 e. The molecule has 136 valence electrons. The molecule has 2 aromatic rings.